The maximum atomic E-state index is 12.9. The van der Waals surface area contributed by atoms with Crippen LogP contribution >= 0.6 is 0 Å². The number of nitrogens with two attached hydrogens (primary N) is 1. The summed E-state index contributed by atoms with van der Waals surface area (Å²) in [6, 6.07) is 8.08. The summed E-state index contributed by atoms with van der Waals surface area (Å²) in [7, 11) is -3.90. The molecule has 1 spiro atoms. The van der Waals surface area contributed by atoms with E-state index < -0.39 is 21.8 Å². The van der Waals surface area contributed by atoms with Gasteiger partial charge in [-0.3, -0.25) is 0 Å². The lowest BCUT2D eigenvalue weighted by Gasteiger charge is -2.16. The molecule has 2 aliphatic carbocycles. The molecule has 4 rings (SSSR count). The molecule has 0 unspecified atom stereocenters. The molecule has 152 valence electrons. The molecule has 2 aliphatic rings. The van der Waals surface area contributed by atoms with E-state index >= 15 is 0 Å². The van der Waals surface area contributed by atoms with Crippen LogP contribution in [0.1, 0.15) is 42.4 Å². The molecule has 1 aromatic carbocycles. The summed E-state index contributed by atoms with van der Waals surface area (Å²) in [6.07, 6.45) is 5.45. The summed E-state index contributed by atoms with van der Waals surface area (Å²) in [4.78, 5) is 3.95. The van der Waals surface area contributed by atoms with Crippen LogP contribution in [-0.2, 0) is 16.2 Å². The summed E-state index contributed by atoms with van der Waals surface area (Å²) >= 11 is 0. The molecule has 0 atom stereocenters. The van der Waals surface area contributed by atoms with Crippen molar-refractivity contribution in [3.8, 4) is 0 Å². The summed E-state index contributed by atoms with van der Waals surface area (Å²) < 4.78 is 61.7. The van der Waals surface area contributed by atoms with E-state index in [1.54, 1.807) is 6.07 Å². The van der Waals surface area contributed by atoms with Crippen LogP contribution in [0.5, 0.6) is 0 Å². The highest BCUT2D eigenvalue weighted by molar-refractivity contribution is 7.89. The zero-order valence-corrected chi connectivity index (χ0v) is 16.2. The first-order valence-electron chi connectivity index (χ1n) is 9.20. The maximum Gasteiger partial charge on any atom is 0.416 e. The van der Waals surface area contributed by atoms with Crippen LogP contribution < -0.4 is 5.14 Å². The van der Waals surface area contributed by atoms with Gasteiger partial charge < -0.3 is 0 Å². The van der Waals surface area contributed by atoms with Crippen molar-refractivity contribution in [1.82, 2.24) is 4.98 Å². The Hall–Kier alpha value is -2.45. The zero-order valence-electron chi connectivity index (χ0n) is 15.4. The molecular weight excluding hydrogens is 401 g/mol. The molecular formula is C21H19F3N2O2S. The van der Waals surface area contributed by atoms with Crippen molar-refractivity contribution >= 4 is 21.2 Å². The van der Waals surface area contributed by atoms with Crippen molar-refractivity contribution in [2.24, 2.45) is 10.6 Å². The predicted molar refractivity (Wildman–Crippen MR) is 104 cm³/mol. The number of sulfonamides is 1. The Morgan fingerprint density at radius 2 is 1.45 bits per heavy atom. The van der Waals surface area contributed by atoms with Crippen LogP contribution in [0.4, 0.5) is 13.2 Å². The van der Waals surface area contributed by atoms with Gasteiger partial charge in [0.15, 0.2) is 5.03 Å². The molecule has 8 heteroatoms. The quantitative estimate of drug-likeness (QED) is 0.776. The molecule has 0 amide bonds. The monoisotopic (exact) mass is 420 g/mol. The summed E-state index contributed by atoms with van der Waals surface area (Å²) in [5.74, 6) is 0. The minimum atomic E-state index is -4.39. The minimum Gasteiger partial charge on any atom is -0.243 e. The largest absolute Gasteiger partial charge is 0.416 e. The van der Waals surface area contributed by atoms with Gasteiger partial charge in [-0.2, -0.15) is 13.2 Å². The maximum absolute atomic E-state index is 12.9. The first-order valence-corrected chi connectivity index (χ1v) is 10.8. The fraction of sp³-hybridized carbons (Fsp3) is 0.286. The Balaban J connectivity index is 1.76. The summed E-state index contributed by atoms with van der Waals surface area (Å²) in [5, 5.41) is 4.89. The second-order valence-corrected chi connectivity index (χ2v) is 9.07. The molecule has 0 saturated heterocycles. The summed E-state index contributed by atoms with van der Waals surface area (Å²) in [5.41, 5.74) is 2.26. The molecule has 0 aliphatic heterocycles. The number of rotatable bonds is 3. The van der Waals surface area contributed by atoms with Crippen molar-refractivity contribution in [1.29, 1.82) is 0 Å². The van der Waals surface area contributed by atoms with Crippen molar-refractivity contribution in [3.63, 3.8) is 0 Å². The normalized spacial score (nSPS) is 18.8. The van der Waals surface area contributed by atoms with Gasteiger partial charge in [-0.25, -0.2) is 18.5 Å². The van der Waals surface area contributed by atoms with Crippen LogP contribution in [0.25, 0.3) is 11.1 Å². The third-order valence-corrected chi connectivity index (χ3v) is 6.37. The lowest BCUT2D eigenvalue weighted by molar-refractivity contribution is -0.137. The number of aromatic nitrogens is 1. The van der Waals surface area contributed by atoms with Gasteiger partial charge in [0.1, 0.15) is 0 Å². The fourth-order valence-electron chi connectivity index (χ4n) is 4.12. The fourth-order valence-corrected chi connectivity index (χ4v) is 4.58. The van der Waals surface area contributed by atoms with Gasteiger partial charge >= 0.3 is 6.18 Å². The molecule has 2 N–H and O–H groups in total. The number of pyridine rings is 1. The lowest BCUT2D eigenvalue weighted by atomic mass is 9.88. The molecule has 4 nitrogen and oxygen atoms in total. The van der Waals surface area contributed by atoms with Crippen LogP contribution in [0.3, 0.4) is 0 Å². The Kier molecular flexibility index (Phi) is 4.66. The number of allylic oxidation sites excluding steroid dienone is 4. The van der Waals surface area contributed by atoms with E-state index in [0.29, 0.717) is 11.1 Å². The van der Waals surface area contributed by atoms with Gasteiger partial charge in [0.05, 0.1) is 5.56 Å². The number of halogens is 3. The third-order valence-electron chi connectivity index (χ3n) is 5.55. The van der Waals surface area contributed by atoms with Crippen molar-refractivity contribution < 1.29 is 21.6 Å². The topological polar surface area (TPSA) is 73.1 Å². The van der Waals surface area contributed by atoms with E-state index in [1.807, 2.05) is 0 Å². The second-order valence-electron chi connectivity index (χ2n) is 7.56. The molecule has 1 saturated carbocycles. The SMILES string of the molecule is NS(=O)(=O)c1ccc(C2=CC3(C=C2c2ccc(C(F)(F)F)cc2)CCCC3)cn1. The van der Waals surface area contributed by atoms with E-state index in [9.17, 15) is 21.6 Å². The summed E-state index contributed by atoms with van der Waals surface area (Å²) in [6.45, 7) is 0. The van der Waals surface area contributed by atoms with Gasteiger partial charge in [-0.1, -0.05) is 37.1 Å². The Morgan fingerprint density at radius 3 is 1.93 bits per heavy atom. The Bertz CT molecular complexity index is 1090. The smallest absolute Gasteiger partial charge is 0.243 e. The number of hydrogen-bond acceptors (Lipinski definition) is 3. The van der Waals surface area contributed by atoms with Crippen molar-refractivity contribution in [3.05, 3.63) is 71.4 Å². The molecule has 2 aromatic rings. The van der Waals surface area contributed by atoms with E-state index in [1.165, 1.54) is 24.4 Å². The highest BCUT2D eigenvalue weighted by Crippen LogP contribution is 2.52. The van der Waals surface area contributed by atoms with Crippen LogP contribution in [0.2, 0.25) is 0 Å². The number of benzene rings is 1. The van der Waals surface area contributed by atoms with Gasteiger partial charge in [0.2, 0.25) is 0 Å². The minimum absolute atomic E-state index is 0.119. The number of hydrogen-bond donors (Lipinski definition) is 1. The van der Waals surface area contributed by atoms with Gasteiger partial charge in [0.25, 0.3) is 10.0 Å². The molecule has 29 heavy (non-hydrogen) atoms. The van der Waals surface area contributed by atoms with Gasteiger partial charge in [-0.15, -0.1) is 0 Å². The third kappa shape index (κ3) is 3.86. The first kappa shape index (κ1) is 19.8. The molecule has 1 fully saturated rings. The Morgan fingerprint density at radius 1 is 0.897 bits per heavy atom. The average Bonchev–Trinajstić information content (AvgIpc) is 3.28. The van der Waals surface area contributed by atoms with Crippen LogP contribution in [0.15, 0.2) is 59.8 Å². The van der Waals surface area contributed by atoms with E-state index in [-0.39, 0.29) is 10.4 Å². The average molecular weight is 420 g/mol. The highest BCUT2D eigenvalue weighted by Gasteiger charge is 2.36. The number of alkyl halides is 3. The van der Waals surface area contributed by atoms with E-state index in [4.69, 9.17) is 5.14 Å². The second kappa shape index (κ2) is 6.81. The Labute approximate surface area is 167 Å². The first-order chi connectivity index (χ1) is 13.6. The number of nitrogens with zero attached hydrogens (tertiary/aromatic N) is 1. The zero-order chi connectivity index (χ0) is 20.9. The van der Waals surface area contributed by atoms with Gasteiger partial charge in [-0.05, 0) is 53.8 Å². The highest BCUT2D eigenvalue weighted by atomic mass is 32.2. The lowest BCUT2D eigenvalue weighted by Crippen LogP contribution is -2.13. The molecule has 1 heterocycles. The number of primary sulfonamides is 1. The standard InChI is InChI=1S/C21H19F3N2O2S/c22-21(23,24)16-6-3-14(4-7-16)17-11-20(9-1-2-10-20)12-18(17)15-5-8-19(26-13-15)29(25,27)28/h3-8,11-13H,1-2,9-10H2,(H2,25,27,28). The van der Waals surface area contributed by atoms with Crippen LogP contribution in [0, 0.1) is 5.41 Å². The van der Waals surface area contributed by atoms with Gasteiger partial charge in [0, 0.05) is 17.2 Å². The van der Waals surface area contributed by atoms with E-state index in [0.717, 1.165) is 49.0 Å². The van der Waals surface area contributed by atoms with E-state index in [2.05, 4.69) is 17.1 Å². The van der Waals surface area contributed by atoms with Crippen molar-refractivity contribution in [2.75, 3.05) is 0 Å². The predicted octanol–water partition coefficient (Wildman–Crippen LogP) is 4.79. The van der Waals surface area contributed by atoms with Crippen molar-refractivity contribution in [2.45, 2.75) is 36.9 Å². The van der Waals surface area contributed by atoms with Crippen LogP contribution in [-0.4, -0.2) is 13.4 Å². The molecule has 0 bridgehead atoms. The molecule has 1 aromatic heterocycles. The molecule has 0 radical (unpaired) electrons.